The van der Waals surface area contributed by atoms with Gasteiger partial charge in [-0.15, -0.1) is 0 Å². The van der Waals surface area contributed by atoms with Crippen LogP contribution >= 0.6 is 0 Å². The minimum atomic E-state index is -3.70. The average molecular weight is 316 g/mol. The maximum absolute atomic E-state index is 12.1. The quantitative estimate of drug-likeness (QED) is 0.881. The molecule has 0 saturated carbocycles. The average Bonchev–Trinajstić information content (AvgIpc) is 2.46. The van der Waals surface area contributed by atoms with Crippen LogP contribution in [0.25, 0.3) is 0 Å². The minimum absolute atomic E-state index is 0.157. The Hall–Kier alpha value is -2.47. The third-order valence-electron chi connectivity index (χ3n) is 2.89. The fourth-order valence-electron chi connectivity index (χ4n) is 1.76. The van der Waals surface area contributed by atoms with E-state index in [1.807, 2.05) is 6.92 Å². The molecule has 2 aromatic rings. The number of sulfonamides is 1. The molecule has 0 fully saturated rings. The topological polar surface area (TPSA) is 75.6 Å². The lowest BCUT2D eigenvalue weighted by atomic mass is 10.2. The Kier molecular flexibility index (Phi) is 4.72. The van der Waals surface area contributed by atoms with Crippen LogP contribution in [0.4, 0.5) is 5.69 Å². The number of amides is 1. The van der Waals surface area contributed by atoms with Gasteiger partial charge in [0.2, 0.25) is 5.91 Å². The molecule has 114 valence electrons. The molecule has 0 bridgehead atoms. The third kappa shape index (κ3) is 4.26. The third-order valence-corrected chi connectivity index (χ3v) is 4.14. The van der Waals surface area contributed by atoms with Gasteiger partial charge in [-0.25, -0.2) is 0 Å². The van der Waals surface area contributed by atoms with E-state index in [1.54, 1.807) is 36.4 Å². The molecule has 0 heterocycles. The predicted molar refractivity (Wildman–Crippen MR) is 86.7 cm³/mol. The number of anilines is 1. The summed E-state index contributed by atoms with van der Waals surface area (Å²) < 4.78 is 27.8. The van der Waals surface area contributed by atoms with Gasteiger partial charge in [0.05, 0.1) is 4.90 Å². The van der Waals surface area contributed by atoms with E-state index in [1.165, 1.54) is 25.3 Å². The molecule has 0 aliphatic rings. The molecule has 1 N–H and O–H groups in total. The first-order valence-electron chi connectivity index (χ1n) is 6.61. The van der Waals surface area contributed by atoms with E-state index < -0.39 is 10.0 Å². The number of nitrogens with zero attached hydrogens (tertiary/aromatic N) is 1. The molecule has 6 heteroatoms. The van der Waals surface area contributed by atoms with Crippen LogP contribution in [0.5, 0.6) is 0 Å². The van der Waals surface area contributed by atoms with Crippen LogP contribution in [0.3, 0.4) is 0 Å². The summed E-state index contributed by atoms with van der Waals surface area (Å²) in [6, 6.07) is 13.2. The minimum Gasteiger partial charge on any atom is -0.326 e. The lowest BCUT2D eigenvalue weighted by molar-refractivity contribution is -0.114. The second-order valence-electron chi connectivity index (χ2n) is 4.83. The van der Waals surface area contributed by atoms with E-state index in [9.17, 15) is 13.2 Å². The van der Waals surface area contributed by atoms with Crippen LogP contribution in [0.15, 0.2) is 57.8 Å². The van der Waals surface area contributed by atoms with Crippen molar-refractivity contribution in [3.63, 3.8) is 0 Å². The number of hydrogen-bond acceptors (Lipinski definition) is 3. The number of aryl methyl sites for hydroxylation is 1. The van der Waals surface area contributed by atoms with Crippen molar-refractivity contribution in [1.82, 2.24) is 0 Å². The van der Waals surface area contributed by atoms with E-state index in [0.717, 1.165) is 5.56 Å². The zero-order valence-corrected chi connectivity index (χ0v) is 13.1. The fourth-order valence-corrected chi connectivity index (χ4v) is 2.62. The highest BCUT2D eigenvalue weighted by Crippen LogP contribution is 2.14. The molecule has 0 spiro atoms. The second-order valence-corrected chi connectivity index (χ2v) is 6.46. The summed E-state index contributed by atoms with van der Waals surface area (Å²) in [7, 11) is -3.70. The van der Waals surface area contributed by atoms with Crippen molar-refractivity contribution in [2.24, 2.45) is 4.40 Å². The summed E-state index contributed by atoms with van der Waals surface area (Å²) in [4.78, 5) is 11.1. The number of carbonyl (C=O) groups excluding carboxylic acids is 1. The van der Waals surface area contributed by atoms with Crippen LogP contribution in [0.2, 0.25) is 0 Å². The van der Waals surface area contributed by atoms with Gasteiger partial charge >= 0.3 is 0 Å². The molecule has 0 saturated heterocycles. The van der Waals surface area contributed by atoms with Crippen LogP contribution in [0.1, 0.15) is 18.1 Å². The SMILES string of the molecule is CC(=O)Nc1ccc(C=NS(=O)(=O)c2ccc(C)cc2)cc1. The number of hydrogen-bond donors (Lipinski definition) is 1. The predicted octanol–water partition coefficient (Wildman–Crippen LogP) is 2.76. The normalized spacial score (nSPS) is 11.5. The molecular formula is C16H16N2O3S. The Morgan fingerprint density at radius 2 is 1.64 bits per heavy atom. The van der Waals surface area contributed by atoms with Gasteiger partial charge in [-0.1, -0.05) is 29.8 Å². The van der Waals surface area contributed by atoms with Gasteiger partial charge in [-0.05, 0) is 36.8 Å². The summed E-state index contributed by atoms with van der Waals surface area (Å²) in [5.41, 5.74) is 2.26. The molecule has 1 amide bonds. The van der Waals surface area contributed by atoms with Crippen LogP contribution in [0, 0.1) is 6.92 Å². The van der Waals surface area contributed by atoms with Gasteiger partial charge in [-0.2, -0.15) is 12.8 Å². The molecule has 2 aromatic carbocycles. The van der Waals surface area contributed by atoms with Crippen molar-refractivity contribution in [2.75, 3.05) is 5.32 Å². The van der Waals surface area contributed by atoms with Crippen molar-refractivity contribution < 1.29 is 13.2 Å². The smallest absolute Gasteiger partial charge is 0.282 e. The summed E-state index contributed by atoms with van der Waals surface area (Å²) in [5, 5.41) is 2.63. The molecular weight excluding hydrogens is 300 g/mol. The molecule has 0 radical (unpaired) electrons. The summed E-state index contributed by atoms with van der Waals surface area (Å²) in [6.45, 7) is 3.31. The number of benzene rings is 2. The Labute approximate surface area is 129 Å². The highest BCUT2D eigenvalue weighted by Gasteiger charge is 2.10. The molecule has 0 aliphatic heterocycles. The number of nitrogens with one attached hydrogen (secondary N) is 1. The number of carbonyl (C=O) groups is 1. The van der Waals surface area contributed by atoms with Gasteiger partial charge in [0.25, 0.3) is 10.0 Å². The number of rotatable bonds is 4. The first-order valence-corrected chi connectivity index (χ1v) is 8.05. The van der Waals surface area contributed by atoms with Crippen molar-refractivity contribution in [3.05, 3.63) is 59.7 Å². The summed E-state index contributed by atoms with van der Waals surface area (Å²) in [6.07, 6.45) is 1.28. The van der Waals surface area contributed by atoms with E-state index in [2.05, 4.69) is 9.71 Å². The molecule has 0 aliphatic carbocycles. The molecule has 0 aromatic heterocycles. The Balaban J connectivity index is 2.16. The summed E-state index contributed by atoms with van der Waals surface area (Å²) in [5.74, 6) is -0.164. The summed E-state index contributed by atoms with van der Waals surface area (Å²) >= 11 is 0. The lowest BCUT2D eigenvalue weighted by Gasteiger charge is -2.02. The standard InChI is InChI=1S/C16H16N2O3S/c1-12-3-9-16(10-4-12)22(20,21)17-11-14-5-7-15(8-6-14)18-13(2)19/h3-11H,1-2H3,(H,18,19). The zero-order chi connectivity index (χ0) is 16.2. The van der Waals surface area contributed by atoms with E-state index >= 15 is 0 Å². The van der Waals surface area contributed by atoms with Crippen molar-refractivity contribution in [1.29, 1.82) is 0 Å². The molecule has 0 unspecified atom stereocenters. The van der Waals surface area contributed by atoms with Crippen molar-refractivity contribution >= 4 is 27.8 Å². The molecule has 2 rings (SSSR count). The molecule has 22 heavy (non-hydrogen) atoms. The van der Waals surface area contributed by atoms with E-state index in [-0.39, 0.29) is 10.8 Å². The van der Waals surface area contributed by atoms with Crippen LogP contribution < -0.4 is 5.32 Å². The highest BCUT2D eigenvalue weighted by molar-refractivity contribution is 7.90. The van der Waals surface area contributed by atoms with Gasteiger partial charge in [0, 0.05) is 18.8 Å². The monoisotopic (exact) mass is 316 g/mol. The first kappa shape index (κ1) is 15.9. The van der Waals surface area contributed by atoms with E-state index in [4.69, 9.17) is 0 Å². The molecule has 5 nitrogen and oxygen atoms in total. The Morgan fingerprint density at radius 1 is 1.05 bits per heavy atom. The maximum Gasteiger partial charge on any atom is 0.282 e. The maximum atomic E-state index is 12.1. The molecule has 0 atom stereocenters. The lowest BCUT2D eigenvalue weighted by Crippen LogP contribution is -2.05. The highest BCUT2D eigenvalue weighted by atomic mass is 32.2. The first-order chi connectivity index (χ1) is 10.4. The Bertz CT molecular complexity index is 792. The van der Waals surface area contributed by atoms with E-state index in [0.29, 0.717) is 11.3 Å². The van der Waals surface area contributed by atoms with Crippen molar-refractivity contribution in [2.45, 2.75) is 18.7 Å². The zero-order valence-electron chi connectivity index (χ0n) is 12.3. The van der Waals surface area contributed by atoms with Gasteiger partial charge in [0.15, 0.2) is 0 Å². The van der Waals surface area contributed by atoms with Crippen LogP contribution in [-0.2, 0) is 14.8 Å². The van der Waals surface area contributed by atoms with Gasteiger partial charge in [0.1, 0.15) is 0 Å². The van der Waals surface area contributed by atoms with Crippen LogP contribution in [-0.4, -0.2) is 20.5 Å². The fraction of sp³-hybridized carbons (Fsp3) is 0.125. The van der Waals surface area contributed by atoms with Gasteiger partial charge in [-0.3, -0.25) is 4.79 Å². The Morgan fingerprint density at radius 3 is 2.18 bits per heavy atom. The largest absolute Gasteiger partial charge is 0.326 e. The second kappa shape index (κ2) is 6.53. The van der Waals surface area contributed by atoms with Gasteiger partial charge < -0.3 is 5.32 Å². The van der Waals surface area contributed by atoms with Crippen molar-refractivity contribution in [3.8, 4) is 0 Å².